The lowest BCUT2D eigenvalue weighted by molar-refractivity contribution is 0.0917. The van der Waals surface area contributed by atoms with Crippen LogP contribution in [0.1, 0.15) is 22.0 Å². The van der Waals surface area contributed by atoms with Gasteiger partial charge in [0, 0.05) is 51.9 Å². The van der Waals surface area contributed by atoms with E-state index in [4.69, 9.17) is 23.2 Å². The zero-order valence-electron chi connectivity index (χ0n) is 13.0. The number of carbonyl (C=O) groups excluding carboxylic acids is 1. The molecule has 0 aliphatic carbocycles. The van der Waals surface area contributed by atoms with E-state index in [-0.39, 0.29) is 12.5 Å². The summed E-state index contributed by atoms with van der Waals surface area (Å²) < 4.78 is 1.95. The summed E-state index contributed by atoms with van der Waals surface area (Å²) in [5.41, 5.74) is 2.16. The van der Waals surface area contributed by atoms with E-state index < -0.39 is 6.10 Å². The molecule has 0 aliphatic rings. The average molecular weight is 363 g/mol. The van der Waals surface area contributed by atoms with Crippen molar-refractivity contribution in [1.29, 1.82) is 0 Å². The smallest absolute Gasteiger partial charge is 0.251 e. The second-order valence-electron chi connectivity index (χ2n) is 5.60. The number of nitrogens with zero attached hydrogens (tertiary/aromatic N) is 1. The molecular formula is C18H16Cl2N2O2. The van der Waals surface area contributed by atoms with Gasteiger partial charge in [-0.2, -0.15) is 0 Å². The third kappa shape index (κ3) is 3.41. The molecule has 2 N–H and O–H groups in total. The molecule has 0 bridgehead atoms. The van der Waals surface area contributed by atoms with Crippen molar-refractivity contribution in [3.63, 3.8) is 0 Å². The molecule has 4 nitrogen and oxygen atoms in total. The van der Waals surface area contributed by atoms with Crippen LogP contribution in [0.5, 0.6) is 0 Å². The highest BCUT2D eigenvalue weighted by Gasteiger charge is 2.16. The molecule has 24 heavy (non-hydrogen) atoms. The van der Waals surface area contributed by atoms with E-state index in [1.807, 2.05) is 42.1 Å². The van der Waals surface area contributed by atoms with Gasteiger partial charge in [-0.1, -0.05) is 41.4 Å². The highest BCUT2D eigenvalue weighted by atomic mass is 35.5. The SMILES string of the molecule is Cn1cc(C(O)CNC(=O)c2cc(Cl)cc(Cl)c2)c2ccccc21. The molecule has 0 aliphatic heterocycles. The Balaban J connectivity index is 1.75. The maximum atomic E-state index is 12.2. The monoisotopic (exact) mass is 362 g/mol. The van der Waals surface area contributed by atoms with Gasteiger partial charge in [0.25, 0.3) is 5.91 Å². The number of halogens is 2. The van der Waals surface area contributed by atoms with Crippen LogP contribution < -0.4 is 5.32 Å². The van der Waals surface area contributed by atoms with Crippen LogP contribution in [-0.4, -0.2) is 22.1 Å². The van der Waals surface area contributed by atoms with Gasteiger partial charge in [0.2, 0.25) is 0 Å². The molecule has 1 heterocycles. The first-order valence-electron chi connectivity index (χ1n) is 7.42. The van der Waals surface area contributed by atoms with Crippen molar-refractivity contribution < 1.29 is 9.90 Å². The van der Waals surface area contributed by atoms with Gasteiger partial charge in [-0.15, -0.1) is 0 Å². The average Bonchev–Trinajstić information content (AvgIpc) is 2.89. The van der Waals surface area contributed by atoms with Gasteiger partial charge >= 0.3 is 0 Å². The van der Waals surface area contributed by atoms with E-state index in [0.29, 0.717) is 15.6 Å². The molecule has 0 spiro atoms. The number of hydrogen-bond donors (Lipinski definition) is 2. The fourth-order valence-electron chi connectivity index (χ4n) is 2.72. The summed E-state index contributed by atoms with van der Waals surface area (Å²) >= 11 is 11.8. The minimum absolute atomic E-state index is 0.0942. The van der Waals surface area contributed by atoms with Crippen LogP contribution in [0.3, 0.4) is 0 Å². The Hall–Kier alpha value is -2.01. The van der Waals surface area contributed by atoms with Gasteiger partial charge in [0.1, 0.15) is 0 Å². The molecule has 1 aromatic heterocycles. The maximum absolute atomic E-state index is 12.2. The number of amides is 1. The van der Waals surface area contributed by atoms with Crippen molar-refractivity contribution in [2.24, 2.45) is 7.05 Å². The van der Waals surface area contributed by atoms with Gasteiger partial charge in [-0.25, -0.2) is 0 Å². The molecule has 0 saturated heterocycles. The van der Waals surface area contributed by atoms with Crippen LogP contribution in [0, 0.1) is 0 Å². The van der Waals surface area contributed by atoms with E-state index in [2.05, 4.69) is 5.32 Å². The predicted molar refractivity (Wildman–Crippen MR) is 96.7 cm³/mol. The number of hydrogen-bond acceptors (Lipinski definition) is 2. The number of aliphatic hydroxyl groups is 1. The number of carbonyl (C=O) groups is 1. The lowest BCUT2D eigenvalue weighted by Crippen LogP contribution is -2.28. The van der Waals surface area contributed by atoms with Crippen molar-refractivity contribution in [3.8, 4) is 0 Å². The summed E-state index contributed by atoms with van der Waals surface area (Å²) in [5, 5.41) is 14.9. The number of rotatable bonds is 4. The predicted octanol–water partition coefficient (Wildman–Crippen LogP) is 3.95. The van der Waals surface area contributed by atoms with Crippen LogP contribution in [0.2, 0.25) is 10.0 Å². The molecule has 124 valence electrons. The van der Waals surface area contributed by atoms with Crippen molar-refractivity contribution in [2.45, 2.75) is 6.10 Å². The number of para-hydroxylation sites is 1. The summed E-state index contributed by atoms with van der Waals surface area (Å²) in [6.45, 7) is 0.0942. The van der Waals surface area contributed by atoms with Crippen molar-refractivity contribution in [2.75, 3.05) is 6.54 Å². The number of fused-ring (bicyclic) bond motifs is 1. The third-order valence-electron chi connectivity index (χ3n) is 3.87. The van der Waals surface area contributed by atoms with Crippen LogP contribution in [-0.2, 0) is 7.05 Å². The molecule has 1 atom stereocenters. The summed E-state index contributed by atoms with van der Waals surface area (Å²) in [6.07, 6.45) is 1.06. The number of aromatic nitrogens is 1. The normalized spacial score (nSPS) is 12.3. The van der Waals surface area contributed by atoms with E-state index in [1.54, 1.807) is 6.07 Å². The van der Waals surface area contributed by atoms with E-state index >= 15 is 0 Å². The van der Waals surface area contributed by atoms with Crippen LogP contribution >= 0.6 is 23.2 Å². The molecule has 1 unspecified atom stereocenters. The van der Waals surface area contributed by atoms with Gasteiger partial charge in [-0.3, -0.25) is 4.79 Å². The Morgan fingerprint density at radius 2 is 1.88 bits per heavy atom. The van der Waals surface area contributed by atoms with Gasteiger partial charge in [0.15, 0.2) is 0 Å². The van der Waals surface area contributed by atoms with E-state index in [1.165, 1.54) is 12.1 Å². The topological polar surface area (TPSA) is 54.3 Å². The van der Waals surface area contributed by atoms with E-state index in [0.717, 1.165) is 16.5 Å². The molecule has 0 saturated carbocycles. The first-order chi connectivity index (χ1) is 11.5. The quantitative estimate of drug-likeness (QED) is 0.738. The Morgan fingerprint density at radius 3 is 2.58 bits per heavy atom. The summed E-state index contributed by atoms with van der Waals surface area (Å²) in [4.78, 5) is 12.2. The van der Waals surface area contributed by atoms with Gasteiger partial charge < -0.3 is 15.0 Å². The minimum Gasteiger partial charge on any atom is -0.386 e. The highest BCUT2D eigenvalue weighted by molar-refractivity contribution is 6.35. The molecule has 6 heteroatoms. The maximum Gasteiger partial charge on any atom is 0.251 e. The highest BCUT2D eigenvalue weighted by Crippen LogP contribution is 2.25. The van der Waals surface area contributed by atoms with Gasteiger partial charge in [0.05, 0.1) is 6.10 Å². The lowest BCUT2D eigenvalue weighted by Gasteiger charge is -2.12. The second kappa shape index (κ2) is 6.85. The standard InChI is InChI=1S/C18H16Cl2N2O2/c1-22-10-15(14-4-2-3-5-16(14)22)17(23)9-21-18(24)11-6-12(19)8-13(20)7-11/h2-8,10,17,23H,9H2,1H3,(H,21,24). The summed E-state index contributed by atoms with van der Waals surface area (Å²) in [7, 11) is 1.92. The number of nitrogens with one attached hydrogen (secondary N) is 1. The first kappa shape index (κ1) is 16.8. The molecule has 1 amide bonds. The third-order valence-corrected chi connectivity index (χ3v) is 4.30. The fourth-order valence-corrected chi connectivity index (χ4v) is 3.25. The van der Waals surface area contributed by atoms with Crippen molar-refractivity contribution >= 4 is 40.0 Å². The zero-order valence-corrected chi connectivity index (χ0v) is 14.5. The largest absolute Gasteiger partial charge is 0.386 e. The second-order valence-corrected chi connectivity index (χ2v) is 6.47. The van der Waals surface area contributed by atoms with Gasteiger partial charge in [-0.05, 0) is 24.3 Å². The van der Waals surface area contributed by atoms with Crippen LogP contribution in [0.4, 0.5) is 0 Å². The van der Waals surface area contributed by atoms with Crippen LogP contribution in [0.25, 0.3) is 10.9 Å². The minimum atomic E-state index is -0.810. The summed E-state index contributed by atoms with van der Waals surface area (Å²) in [5.74, 6) is -0.335. The lowest BCUT2D eigenvalue weighted by atomic mass is 10.1. The molecule has 3 aromatic rings. The molecule has 3 rings (SSSR count). The zero-order chi connectivity index (χ0) is 17.3. The fraction of sp³-hybridized carbons (Fsp3) is 0.167. The molecular weight excluding hydrogens is 347 g/mol. The van der Waals surface area contributed by atoms with Crippen LogP contribution in [0.15, 0.2) is 48.7 Å². The Bertz CT molecular complexity index is 885. The molecule has 0 fully saturated rings. The van der Waals surface area contributed by atoms with Crippen molar-refractivity contribution in [3.05, 3.63) is 69.8 Å². The Labute approximate surface area is 149 Å². The number of benzene rings is 2. The Morgan fingerprint density at radius 1 is 1.21 bits per heavy atom. The molecule has 2 aromatic carbocycles. The first-order valence-corrected chi connectivity index (χ1v) is 8.17. The van der Waals surface area contributed by atoms with Crippen molar-refractivity contribution in [1.82, 2.24) is 9.88 Å². The molecule has 0 radical (unpaired) electrons. The Kier molecular flexibility index (Phi) is 4.81. The number of aliphatic hydroxyl groups excluding tert-OH is 1. The number of aryl methyl sites for hydroxylation is 1. The summed E-state index contributed by atoms with van der Waals surface area (Å²) in [6, 6.07) is 12.4. The van der Waals surface area contributed by atoms with E-state index in [9.17, 15) is 9.90 Å².